The first kappa shape index (κ1) is 22.0. The van der Waals surface area contributed by atoms with Gasteiger partial charge in [0.1, 0.15) is 0 Å². The van der Waals surface area contributed by atoms with Crippen LogP contribution in [0.15, 0.2) is 48.5 Å². The van der Waals surface area contributed by atoms with Gasteiger partial charge in [0.05, 0.1) is 5.92 Å². The molecule has 0 aromatic heterocycles. The minimum atomic E-state index is 0.0919. The van der Waals surface area contributed by atoms with Crippen LogP contribution < -0.4 is 5.32 Å². The van der Waals surface area contributed by atoms with E-state index in [9.17, 15) is 4.79 Å². The van der Waals surface area contributed by atoms with E-state index in [2.05, 4.69) is 70.6 Å². The van der Waals surface area contributed by atoms with Gasteiger partial charge in [-0.15, -0.1) is 0 Å². The monoisotopic (exact) mass is 419 g/mol. The van der Waals surface area contributed by atoms with Crippen molar-refractivity contribution in [3.05, 3.63) is 70.8 Å². The highest BCUT2D eigenvalue weighted by Crippen LogP contribution is 2.20. The fourth-order valence-electron chi connectivity index (χ4n) is 4.99. The minimum absolute atomic E-state index is 0.0919. The fourth-order valence-corrected chi connectivity index (χ4v) is 4.99. The third-order valence-electron chi connectivity index (χ3n) is 6.84. The molecule has 1 amide bonds. The van der Waals surface area contributed by atoms with Crippen molar-refractivity contribution >= 4 is 5.91 Å². The average molecular weight is 420 g/mol. The zero-order valence-electron chi connectivity index (χ0n) is 19.0. The first-order valence-electron chi connectivity index (χ1n) is 12.0. The normalized spacial score (nSPS) is 20.5. The third kappa shape index (κ3) is 6.41. The van der Waals surface area contributed by atoms with Gasteiger partial charge < -0.3 is 5.32 Å². The lowest BCUT2D eigenvalue weighted by molar-refractivity contribution is -0.126. The highest BCUT2D eigenvalue weighted by Gasteiger charge is 2.25. The van der Waals surface area contributed by atoms with E-state index in [0.29, 0.717) is 6.54 Å². The molecule has 4 heteroatoms. The van der Waals surface area contributed by atoms with E-state index in [-0.39, 0.29) is 11.8 Å². The van der Waals surface area contributed by atoms with Crippen molar-refractivity contribution in [3.63, 3.8) is 0 Å². The summed E-state index contributed by atoms with van der Waals surface area (Å²) in [6, 6.07) is 17.3. The number of nitrogens with zero attached hydrogens (tertiary/aromatic N) is 2. The van der Waals surface area contributed by atoms with E-state index in [1.165, 1.54) is 54.6 Å². The van der Waals surface area contributed by atoms with Crippen LogP contribution >= 0.6 is 0 Å². The molecule has 2 aliphatic rings. The molecule has 166 valence electrons. The highest BCUT2D eigenvalue weighted by molar-refractivity contribution is 5.79. The van der Waals surface area contributed by atoms with Gasteiger partial charge in [0.15, 0.2) is 0 Å². The van der Waals surface area contributed by atoms with Gasteiger partial charge in [-0.05, 0) is 74.5 Å². The second-order valence-corrected chi connectivity index (χ2v) is 9.38. The quantitative estimate of drug-likeness (QED) is 0.717. The van der Waals surface area contributed by atoms with Crippen LogP contribution in [-0.4, -0.2) is 41.9 Å². The Morgan fingerprint density at radius 2 is 1.68 bits per heavy atom. The molecule has 2 fully saturated rings. The SMILES string of the molecule is Cc1ccccc1CN1CCCC(C(=O)NCc2cccc(CN3CCCCC3)c2)C1. The van der Waals surface area contributed by atoms with Crippen LogP contribution in [0.2, 0.25) is 0 Å². The summed E-state index contributed by atoms with van der Waals surface area (Å²) >= 11 is 0. The maximum Gasteiger partial charge on any atom is 0.224 e. The largest absolute Gasteiger partial charge is 0.352 e. The number of piperidine rings is 2. The molecule has 0 radical (unpaired) electrons. The van der Waals surface area contributed by atoms with Gasteiger partial charge in [-0.25, -0.2) is 0 Å². The average Bonchev–Trinajstić information content (AvgIpc) is 2.80. The molecule has 0 spiro atoms. The minimum Gasteiger partial charge on any atom is -0.352 e. The smallest absolute Gasteiger partial charge is 0.224 e. The molecule has 1 unspecified atom stereocenters. The summed E-state index contributed by atoms with van der Waals surface area (Å²) in [5.74, 6) is 0.296. The third-order valence-corrected chi connectivity index (χ3v) is 6.84. The number of nitrogens with one attached hydrogen (secondary N) is 1. The first-order chi connectivity index (χ1) is 15.2. The van der Waals surface area contributed by atoms with Gasteiger partial charge in [0, 0.05) is 26.2 Å². The molecule has 2 saturated heterocycles. The molecular weight excluding hydrogens is 382 g/mol. The molecular formula is C27H37N3O. The molecule has 1 atom stereocenters. The van der Waals surface area contributed by atoms with Gasteiger partial charge in [-0.2, -0.15) is 0 Å². The van der Waals surface area contributed by atoms with Crippen molar-refractivity contribution in [2.24, 2.45) is 5.92 Å². The van der Waals surface area contributed by atoms with Crippen LogP contribution in [0, 0.1) is 12.8 Å². The van der Waals surface area contributed by atoms with Gasteiger partial charge >= 0.3 is 0 Å². The van der Waals surface area contributed by atoms with Crippen LogP contribution in [0.1, 0.15) is 54.4 Å². The van der Waals surface area contributed by atoms with Crippen LogP contribution in [0.25, 0.3) is 0 Å². The Kier molecular flexibility index (Phi) is 7.76. The van der Waals surface area contributed by atoms with Crippen molar-refractivity contribution in [2.75, 3.05) is 26.2 Å². The standard InChI is InChI=1S/C27H37N3O/c1-22-9-3-4-12-25(22)20-30-16-8-13-26(21-30)27(31)28-18-23-10-7-11-24(17-23)19-29-14-5-2-6-15-29/h3-4,7,9-12,17,26H,2,5-6,8,13-16,18-21H2,1H3,(H,28,31). The Bertz CT molecular complexity index is 859. The number of hydrogen-bond donors (Lipinski definition) is 1. The maximum absolute atomic E-state index is 12.9. The predicted molar refractivity (Wildman–Crippen MR) is 127 cm³/mol. The molecule has 0 saturated carbocycles. The summed E-state index contributed by atoms with van der Waals surface area (Å²) in [5, 5.41) is 3.22. The van der Waals surface area contributed by atoms with E-state index in [4.69, 9.17) is 0 Å². The number of benzene rings is 2. The molecule has 0 bridgehead atoms. The highest BCUT2D eigenvalue weighted by atomic mass is 16.1. The summed E-state index contributed by atoms with van der Waals surface area (Å²) in [6.07, 6.45) is 6.09. The number of rotatable bonds is 7. The van der Waals surface area contributed by atoms with E-state index >= 15 is 0 Å². The van der Waals surface area contributed by atoms with E-state index in [1.807, 2.05) is 0 Å². The Labute approximate surface area is 187 Å². The molecule has 2 aromatic rings. The number of hydrogen-bond acceptors (Lipinski definition) is 3. The molecule has 2 aromatic carbocycles. The molecule has 1 N–H and O–H groups in total. The molecule has 4 rings (SSSR count). The topological polar surface area (TPSA) is 35.6 Å². The maximum atomic E-state index is 12.9. The second kappa shape index (κ2) is 10.9. The Hall–Kier alpha value is -2.17. The molecule has 2 aliphatic heterocycles. The fraction of sp³-hybridized carbons (Fsp3) is 0.519. The lowest BCUT2D eigenvalue weighted by Gasteiger charge is -2.32. The lowest BCUT2D eigenvalue weighted by atomic mass is 9.96. The molecule has 31 heavy (non-hydrogen) atoms. The van der Waals surface area contributed by atoms with Crippen molar-refractivity contribution < 1.29 is 4.79 Å². The van der Waals surface area contributed by atoms with Gasteiger partial charge in [-0.3, -0.25) is 14.6 Å². The molecule has 4 nitrogen and oxygen atoms in total. The van der Waals surface area contributed by atoms with Gasteiger partial charge in [-0.1, -0.05) is 55.0 Å². The van der Waals surface area contributed by atoms with Crippen molar-refractivity contribution in [3.8, 4) is 0 Å². The summed E-state index contributed by atoms with van der Waals surface area (Å²) in [4.78, 5) is 17.9. The summed E-state index contributed by atoms with van der Waals surface area (Å²) in [6.45, 7) is 9.12. The van der Waals surface area contributed by atoms with Crippen molar-refractivity contribution in [1.82, 2.24) is 15.1 Å². The van der Waals surface area contributed by atoms with Crippen LogP contribution in [0.3, 0.4) is 0 Å². The zero-order chi connectivity index (χ0) is 21.5. The number of aryl methyl sites for hydroxylation is 1. The predicted octanol–water partition coefficient (Wildman–Crippen LogP) is 4.51. The van der Waals surface area contributed by atoms with Crippen LogP contribution in [0.4, 0.5) is 0 Å². The Balaban J connectivity index is 1.27. The Morgan fingerprint density at radius 3 is 2.52 bits per heavy atom. The van der Waals surface area contributed by atoms with Crippen molar-refractivity contribution in [1.29, 1.82) is 0 Å². The van der Waals surface area contributed by atoms with E-state index < -0.39 is 0 Å². The van der Waals surface area contributed by atoms with E-state index in [1.54, 1.807) is 0 Å². The first-order valence-corrected chi connectivity index (χ1v) is 12.0. The summed E-state index contributed by atoms with van der Waals surface area (Å²) in [5.41, 5.74) is 5.26. The van der Waals surface area contributed by atoms with Crippen molar-refractivity contribution in [2.45, 2.75) is 58.7 Å². The number of likely N-dealkylation sites (tertiary alicyclic amines) is 2. The number of carbonyl (C=O) groups excluding carboxylic acids is 1. The van der Waals surface area contributed by atoms with Crippen LogP contribution in [0.5, 0.6) is 0 Å². The van der Waals surface area contributed by atoms with Crippen LogP contribution in [-0.2, 0) is 24.4 Å². The summed E-state index contributed by atoms with van der Waals surface area (Å²) < 4.78 is 0. The number of amides is 1. The summed E-state index contributed by atoms with van der Waals surface area (Å²) in [7, 11) is 0. The Morgan fingerprint density at radius 1 is 0.903 bits per heavy atom. The van der Waals surface area contributed by atoms with E-state index in [0.717, 1.165) is 39.0 Å². The van der Waals surface area contributed by atoms with Gasteiger partial charge in [0.2, 0.25) is 5.91 Å². The zero-order valence-corrected chi connectivity index (χ0v) is 19.0. The molecule has 2 heterocycles. The van der Waals surface area contributed by atoms with Gasteiger partial charge in [0.25, 0.3) is 0 Å². The lowest BCUT2D eigenvalue weighted by Crippen LogP contribution is -2.42. The number of carbonyl (C=O) groups is 1. The molecule has 0 aliphatic carbocycles. The second-order valence-electron chi connectivity index (χ2n) is 9.38.